The van der Waals surface area contributed by atoms with E-state index < -0.39 is 5.97 Å². The molecule has 5 nitrogen and oxygen atoms in total. The van der Waals surface area contributed by atoms with Gasteiger partial charge in [-0.2, -0.15) is 5.06 Å². The van der Waals surface area contributed by atoms with Crippen LogP contribution in [0.25, 0.3) is 0 Å². The predicted octanol–water partition coefficient (Wildman–Crippen LogP) is -3.60. The van der Waals surface area contributed by atoms with Gasteiger partial charge < -0.3 is 12.3 Å². The quantitative estimate of drug-likeness (QED) is 0.331. The van der Waals surface area contributed by atoms with Crippen LogP contribution in [0.2, 0.25) is 0 Å². The van der Waals surface area contributed by atoms with Gasteiger partial charge in [0.25, 0.3) is 0 Å². The summed E-state index contributed by atoms with van der Waals surface area (Å²) in [5.74, 6) is -0.910. The van der Waals surface area contributed by atoms with Crippen LogP contribution in [-0.4, -0.2) is 42.4 Å². The van der Waals surface area contributed by atoms with E-state index in [1.54, 1.807) is 6.92 Å². The Kier molecular flexibility index (Phi) is 11.7. The Bertz CT molecular complexity index is 122. The molecule has 68 valence electrons. The zero-order valence-electron chi connectivity index (χ0n) is 8.62. The van der Waals surface area contributed by atoms with Crippen molar-refractivity contribution in [2.75, 3.05) is 26.2 Å². The molecule has 0 bridgehead atoms. The minimum Gasteiger partial charge on any atom is -1.00 e. The molecule has 0 unspecified atom stereocenters. The minimum atomic E-state index is -0.910. The second-order valence-corrected chi connectivity index (χ2v) is 1.96. The maximum atomic E-state index is 10.2. The molecule has 0 aromatic heterocycles. The first-order valence-corrected chi connectivity index (χ1v) is 3.50. The SMILES string of the molecule is CCON(CCN)CC(=O)O.[H-].[Na+]. The second kappa shape index (κ2) is 9.44. The summed E-state index contributed by atoms with van der Waals surface area (Å²) in [7, 11) is 0. The van der Waals surface area contributed by atoms with E-state index in [9.17, 15) is 4.79 Å². The van der Waals surface area contributed by atoms with Crippen molar-refractivity contribution < 1.29 is 45.7 Å². The van der Waals surface area contributed by atoms with E-state index in [0.29, 0.717) is 19.7 Å². The van der Waals surface area contributed by atoms with E-state index in [4.69, 9.17) is 15.7 Å². The van der Waals surface area contributed by atoms with Gasteiger partial charge >= 0.3 is 35.5 Å². The summed E-state index contributed by atoms with van der Waals surface area (Å²) in [6.45, 7) is 2.98. The van der Waals surface area contributed by atoms with Crippen molar-refractivity contribution in [2.24, 2.45) is 5.73 Å². The Morgan fingerprint density at radius 3 is 2.67 bits per heavy atom. The topological polar surface area (TPSA) is 75.8 Å². The molecule has 0 fully saturated rings. The van der Waals surface area contributed by atoms with Crippen LogP contribution in [0, 0.1) is 0 Å². The van der Waals surface area contributed by atoms with Gasteiger partial charge in [-0.25, -0.2) is 0 Å². The maximum Gasteiger partial charge on any atom is 1.00 e. The Balaban J connectivity index is -0.000000500. The Labute approximate surface area is 95.6 Å². The summed E-state index contributed by atoms with van der Waals surface area (Å²) in [5, 5.41) is 9.71. The molecule has 0 aliphatic heterocycles. The molecule has 0 aliphatic rings. The van der Waals surface area contributed by atoms with Crippen molar-refractivity contribution in [3.05, 3.63) is 0 Å². The van der Waals surface area contributed by atoms with Crippen molar-refractivity contribution in [1.82, 2.24) is 5.06 Å². The van der Waals surface area contributed by atoms with Gasteiger partial charge in [-0.1, -0.05) is 0 Å². The fourth-order valence-corrected chi connectivity index (χ4v) is 0.667. The molecule has 0 aliphatic carbocycles. The molecule has 0 atom stereocenters. The van der Waals surface area contributed by atoms with Crippen LogP contribution in [0.4, 0.5) is 0 Å². The van der Waals surface area contributed by atoms with Gasteiger partial charge in [-0.15, -0.1) is 0 Å². The number of carboxylic acids is 1. The third-order valence-corrected chi connectivity index (χ3v) is 1.00. The molecule has 6 heteroatoms. The van der Waals surface area contributed by atoms with Crippen LogP contribution < -0.4 is 35.3 Å². The fraction of sp³-hybridized carbons (Fsp3) is 0.833. The Hall–Kier alpha value is 0.350. The van der Waals surface area contributed by atoms with Crippen LogP contribution in [0.15, 0.2) is 0 Å². The van der Waals surface area contributed by atoms with Gasteiger partial charge in [0.05, 0.1) is 6.61 Å². The van der Waals surface area contributed by atoms with Crippen LogP contribution in [0.5, 0.6) is 0 Å². The normalized spacial score (nSPS) is 9.58. The van der Waals surface area contributed by atoms with E-state index in [2.05, 4.69) is 0 Å². The number of nitrogens with zero attached hydrogens (tertiary/aromatic N) is 1. The molecule has 12 heavy (non-hydrogen) atoms. The number of carbonyl (C=O) groups is 1. The van der Waals surface area contributed by atoms with Gasteiger partial charge in [0.1, 0.15) is 6.54 Å². The maximum absolute atomic E-state index is 10.2. The van der Waals surface area contributed by atoms with Crippen molar-refractivity contribution in [3.8, 4) is 0 Å². The zero-order valence-corrected chi connectivity index (χ0v) is 9.62. The Morgan fingerprint density at radius 1 is 1.75 bits per heavy atom. The van der Waals surface area contributed by atoms with Gasteiger partial charge in [0.15, 0.2) is 0 Å². The van der Waals surface area contributed by atoms with E-state index in [1.165, 1.54) is 5.06 Å². The van der Waals surface area contributed by atoms with E-state index in [1.807, 2.05) is 0 Å². The molecular formula is C6H15N2NaO3. The molecule has 0 heterocycles. The van der Waals surface area contributed by atoms with Crippen molar-refractivity contribution in [3.63, 3.8) is 0 Å². The van der Waals surface area contributed by atoms with Gasteiger partial charge in [0, 0.05) is 13.1 Å². The minimum absolute atomic E-state index is 0. The first-order chi connectivity index (χ1) is 5.20. The molecular weight excluding hydrogens is 171 g/mol. The molecule has 3 N–H and O–H groups in total. The van der Waals surface area contributed by atoms with E-state index in [0.717, 1.165) is 0 Å². The third-order valence-electron chi connectivity index (χ3n) is 1.00. The monoisotopic (exact) mass is 186 g/mol. The molecule has 0 rings (SSSR count). The number of rotatable bonds is 6. The molecule has 0 amide bonds. The Morgan fingerprint density at radius 2 is 2.33 bits per heavy atom. The summed E-state index contributed by atoms with van der Waals surface area (Å²) in [6.07, 6.45) is 0. The average Bonchev–Trinajstić information content (AvgIpc) is 1.87. The van der Waals surface area contributed by atoms with Crippen LogP contribution in [-0.2, 0) is 9.63 Å². The van der Waals surface area contributed by atoms with Crippen LogP contribution >= 0.6 is 0 Å². The number of carboxylic acid groups (broad SMARTS) is 1. The smallest absolute Gasteiger partial charge is 1.00 e. The number of hydrogen-bond donors (Lipinski definition) is 2. The van der Waals surface area contributed by atoms with Crippen molar-refractivity contribution >= 4 is 5.97 Å². The summed E-state index contributed by atoms with van der Waals surface area (Å²) in [5.41, 5.74) is 5.22. The van der Waals surface area contributed by atoms with E-state index >= 15 is 0 Å². The first-order valence-electron chi connectivity index (χ1n) is 3.50. The van der Waals surface area contributed by atoms with E-state index in [-0.39, 0.29) is 37.5 Å². The van der Waals surface area contributed by atoms with Crippen LogP contribution in [0.3, 0.4) is 0 Å². The summed E-state index contributed by atoms with van der Waals surface area (Å²) in [6, 6.07) is 0. The summed E-state index contributed by atoms with van der Waals surface area (Å²) in [4.78, 5) is 15.2. The third kappa shape index (κ3) is 8.45. The molecule has 0 aromatic carbocycles. The molecule has 0 radical (unpaired) electrons. The van der Waals surface area contributed by atoms with Gasteiger partial charge in [-0.05, 0) is 6.92 Å². The summed E-state index contributed by atoms with van der Waals surface area (Å²) >= 11 is 0. The second-order valence-electron chi connectivity index (χ2n) is 1.96. The number of hydroxylamine groups is 2. The largest absolute Gasteiger partial charge is 1.00 e. The van der Waals surface area contributed by atoms with Gasteiger partial charge in [-0.3, -0.25) is 9.63 Å². The fourth-order valence-electron chi connectivity index (χ4n) is 0.667. The number of nitrogens with two attached hydrogens (primary N) is 1. The molecule has 0 spiro atoms. The van der Waals surface area contributed by atoms with Gasteiger partial charge in [0.2, 0.25) is 0 Å². The summed E-state index contributed by atoms with van der Waals surface area (Å²) < 4.78 is 0. The number of hydrogen-bond acceptors (Lipinski definition) is 4. The van der Waals surface area contributed by atoms with Crippen LogP contribution in [0.1, 0.15) is 8.35 Å². The number of aliphatic carboxylic acids is 1. The standard InChI is InChI=1S/C6H14N2O3.Na.H/c1-2-11-8(4-3-7)5-6(9)10;;/h2-5,7H2,1H3,(H,9,10);;/q;+1;-1. The average molecular weight is 186 g/mol. The molecule has 0 aromatic rings. The molecule has 0 saturated carbocycles. The van der Waals surface area contributed by atoms with Crippen molar-refractivity contribution in [1.29, 1.82) is 0 Å². The predicted molar refractivity (Wildman–Crippen MR) is 41.0 cm³/mol. The molecule has 0 saturated heterocycles. The first kappa shape index (κ1) is 14.9. The van der Waals surface area contributed by atoms with Crippen molar-refractivity contribution in [2.45, 2.75) is 6.92 Å². The zero-order chi connectivity index (χ0) is 8.69.